The largest absolute Gasteiger partial charge is 0.497 e. The average molecular weight is 428 g/mol. The van der Waals surface area contributed by atoms with E-state index in [9.17, 15) is 4.79 Å². The number of carbonyl (C=O) groups is 1. The number of nitrogens with one attached hydrogen (secondary N) is 3. The van der Waals surface area contributed by atoms with Crippen LogP contribution in [0.4, 0.5) is 17.5 Å². The lowest BCUT2D eigenvalue weighted by molar-refractivity contribution is 0.0950. The fraction of sp³-hybridized carbons (Fsp3) is 0.167. The molecule has 1 amide bonds. The van der Waals surface area contributed by atoms with Crippen LogP contribution in [0.25, 0.3) is 10.9 Å². The first-order valence-corrected chi connectivity index (χ1v) is 10.3. The number of benzene rings is 2. The van der Waals surface area contributed by atoms with Crippen molar-refractivity contribution in [2.24, 2.45) is 0 Å². The highest BCUT2D eigenvalue weighted by molar-refractivity contribution is 5.94. The van der Waals surface area contributed by atoms with Crippen molar-refractivity contribution in [2.45, 2.75) is 6.92 Å². The standard InChI is InChI=1S/C24H24N6O2/c1-16-15-22(28-18-8-10-19(32-2)11-9-18)30-24(27-16)26-14-13-25-23(31)21-12-7-17-5-3-4-6-20(17)29-21/h3-12,15H,13-14H2,1-2H3,(H,25,31)(H2,26,27,28,30). The van der Waals surface area contributed by atoms with Gasteiger partial charge in [0.05, 0.1) is 12.6 Å². The summed E-state index contributed by atoms with van der Waals surface area (Å²) in [5.41, 5.74) is 2.90. The topological polar surface area (TPSA) is 101 Å². The molecule has 0 radical (unpaired) electrons. The third kappa shape index (κ3) is 5.28. The molecule has 162 valence electrons. The third-order valence-electron chi connectivity index (χ3n) is 4.74. The van der Waals surface area contributed by atoms with Crippen LogP contribution >= 0.6 is 0 Å². The Morgan fingerprint density at radius 2 is 1.75 bits per heavy atom. The molecule has 8 nitrogen and oxygen atoms in total. The highest BCUT2D eigenvalue weighted by atomic mass is 16.5. The number of rotatable bonds is 8. The lowest BCUT2D eigenvalue weighted by atomic mass is 10.2. The number of hydrogen-bond acceptors (Lipinski definition) is 7. The van der Waals surface area contributed by atoms with Crippen molar-refractivity contribution in [1.82, 2.24) is 20.3 Å². The second-order valence-electron chi connectivity index (χ2n) is 7.14. The van der Waals surface area contributed by atoms with Gasteiger partial charge < -0.3 is 20.7 Å². The van der Waals surface area contributed by atoms with E-state index in [-0.39, 0.29) is 5.91 Å². The molecule has 2 heterocycles. The van der Waals surface area contributed by atoms with Crippen LogP contribution in [0, 0.1) is 6.92 Å². The summed E-state index contributed by atoms with van der Waals surface area (Å²) >= 11 is 0. The van der Waals surface area contributed by atoms with Crippen LogP contribution in [-0.4, -0.2) is 41.1 Å². The predicted molar refractivity (Wildman–Crippen MR) is 126 cm³/mol. The SMILES string of the molecule is COc1ccc(Nc2cc(C)nc(NCCNC(=O)c3ccc4ccccc4n3)n2)cc1. The molecule has 3 N–H and O–H groups in total. The fourth-order valence-electron chi connectivity index (χ4n) is 3.17. The lowest BCUT2D eigenvalue weighted by Gasteiger charge is -2.11. The minimum atomic E-state index is -0.218. The van der Waals surface area contributed by atoms with Gasteiger partial charge in [0, 0.05) is 35.9 Å². The summed E-state index contributed by atoms with van der Waals surface area (Å²) in [7, 11) is 1.63. The molecule has 32 heavy (non-hydrogen) atoms. The van der Waals surface area contributed by atoms with Crippen LogP contribution in [0.5, 0.6) is 5.75 Å². The molecule has 0 aliphatic heterocycles. The zero-order valence-corrected chi connectivity index (χ0v) is 17.9. The molecule has 4 aromatic rings. The quantitative estimate of drug-likeness (QED) is 0.366. The number of amides is 1. The number of ether oxygens (including phenoxy) is 1. The number of aryl methyl sites for hydroxylation is 1. The minimum absolute atomic E-state index is 0.218. The van der Waals surface area contributed by atoms with E-state index in [2.05, 4.69) is 30.9 Å². The van der Waals surface area contributed by atoms with Crippen LogP contribution in [-0.2, 0) is 0 Å². The Morgan fingerprint density at radius 1 is 0.938 bits per heavy atom. The lowest BCUT2D eigenvalue weighted by Crippen LogP contribution is -2.29. The van der Waals surface area contributed by atoms with Crippen LogP contribution < -0.4 is 20.7 Å². The van der Waals surface area contributed by atoms with Gasteiger partial charge in [-0.15, -0.1) is 0 Å². The molecular weight excluding hydrogens is 404 g/mol. The summed E-state index contributed by atoms with van der Waals surface area (Å²) in [4.78, 5) is 25.7. The minimum Gasteiger partial charge on any atom is -0.497 e. The first-order valence-electron chi connectivity index (χ1n) is 10.3. The van der Waals surface area contributed by atoms with E-state index < -0.39 is 0 Å². The second-order valence-corrected chi connectivity index (χ2v) is 7.14. The van der Waals surface area contributed by atoms with Gasteiger partial charge in [-0.25, -0.2) is 9.97 Å². The Bertz CT molecular complexity index is 1230. The monoisotopic (exact) mass is 428 g/mol. The normalized spacial score (nSPS) is 10.6. The van der Waals surface area contributed by atoms with Gasteiger partial charge in [-0.3, -0.25) is 4.79 Å². The average Bonchev–Trinajstić information content (AvgIpc) is 2.81. The molecule has 0 bridgehead atoms. The number of aromatic nitrogens is 3. The molecule has 0 spiro atoms. The maximum atomic E-state index is 12.4. The number of nitrogens with zero attached hydrogens (tertiary/aromatic N) is 3. The number of carbonyl (C=O) groups excluding carboxylic acids is 1. The van der Waals surface area contributed by atoms with Gasteiger partial charge in [-0.1, -0.05) is 24.3 Å². The smallest absolute Gasteiger partial charge is 0.269 e. The summed E-state index contributed by atoms with van der Waals surface area (Å²) in [6.07, 6.45) is 0. The molecule has 0 saturated carbocycles. The van der Waals surface area contributed by atoms with E-state index in [0.29, 0.717) is 30.5 Å². The molecule has 0 fully saturated rings. The van der Waals surface area contributed by atoms with E-state index in [1.165, 1.54) is 0 Å². The molecule has 0 aliphatic carbocycles. The number of pyridine rings is 1. The molecule has 0 atom stereocenters. The van der Waals surface area contributed by atoms with Crippen molar-refractivity contribution in [1.29, 1.82) is 0 Å². The molecule has 8 heteroatoms. The Hall–Kier alpha value is -4.20. The number of fused-ring (bicyclic) bond motifs is 1. The number of anilines is 3. The van der Waals surface area contributed by atoms with Gasteiger partial charge in [0.25, 0.3) is 5.91 Å². The summed E-state index contributed by atoms with van der Waals surface area (Å²) in [5.74, 6) is 1.73. The summed E-state index contributed by atoms with van der Waals surface area (Å²) in [6.45, 7) is 2.79. The molecule has 2 aromatic carbocycles. The number of para-hydroxylation sites is 1. The molecular formula is C24H24N6O2. The highest BCUT2D eigenvalue weighted by Gasteiger charge is 2.08. The van der Waals surface area contributed by atoms with Gasteiger partial charge in [-0.05, 0) is 43.3 Å². The van der Waals surface area contributed by atoms with Gasteiger partial charge in [0.1, 0.15) is 17.3 Å². The summed E-state index contributed by atoms with van der Waals surface area (Å²) < 4.78 is 5.18. The Labute approximate surface area is 186 Å². The van der Waals surface area contributed by atoms with Crippen LogP contribution in [0.2, 0.25) is 0 Å². The number of methoxy groups -OCH3 is 1. The summed E-state index contributed by atoms with van der Waals surface area (Å²) in [5, 5.41) is 10.3. The maximum absolute atomic E-state index is 12.4. The maximum Gasteiger partial charge on any atom is 0.269 e. The van der Waals surface area contributed by atoms with E-state index in [1.54, 1.807) is 13.2 Å². The highest BCUT2D eigenvalue weighted by Crippen LogP contribution is 2.20. The fourth-order valence-corrected chi connectivity index (χ4v) is 3.17. The van der Waals surface area contributed by atoms with Gasteiger partial charge in [0.2, 0.25) is 5.95 Å². The van der Waals surface area contributed by atoms with Crippen molar-refractivity contribution in [3.8, 4) is 5.75 Å². The van der Waals surface area contributed by atoms with Gasteiger partial charge in [0.15, 0.2) is 0 Å². The van der Waals surface area contributed by atoms with Gasteiger partial charge >= 0.3 is 0 Å². The predicted octanol–water partition coefficient (Wildman–Crippen LogP) is 3.93. The van der Waals surface area contributed by atoms with Gasteiger partial charge in [-0.2, -0.15) is 4.98 Å². The first-order chi connectivity index (χ1) is 15.6. The first kappa shape index (κ1) is 21.0. The van der Waals surface area contributed by atoms with Crippen LogP contribution in [0.1, 0.15) is 16.2 Å². The number of hydrogen-bond donors (Lipinski definition) is 3. The second kappa shape index (κ2) is 9.74. The van der Waals surface area contributed by atoms with Crippen molar-refractivity contribution in [3.63, 3.8) is 0 Å². The van der Waals surface area contributed by atoms with Crippen LogP contribution in [0.3, 0.4) is 0 Å². The molecule has 0 aliphatic rings. The van der Waals surface area contributed by atoms with Crippen molar-refractivity contribution in [2.75, 3.05) is 30.8 Å². The zero-order chi connectivity index (χ0) is 22.3. The Balaban J connectivity index is 1.31. The Morgan fingerprint density at radius 3 is 2.56 bits per heavy atom. The summed E-state index contributed by atoms with van der Waals surface area (Å²) in [6, 6.07) is 20.8. The van der Waals surface area contributed by atoms with Crippen molar-refractivity contribution < 1.29 is 9.53 Å². The van der Waals surface area contributed by atoms with E-state index in [4.69, 9.17) is 4.74 Å². The Kier molecular flexibility index (Phi) is 6.41. The molecule has 2 aromatic heterocycles. The molecule has 0 unspecified atom stereocenters. The van der Waals surface area contributed by atoms with E-state index in [0.717, 1.165) is 28.0 Å². The molecule has 0 saturated heterocycles. The van der Waals surface area contributed by atoms with E-state index >= 15 is 0 Å². The van der Waals surface area contributed by atoms with E-state index in [1.807, 2.05) is 67.6 Å². The molecule has 4 rings (SSSR count). The zero-order valence-electron chi connectivity index (χ0n) is 17.9. The van der Waals surface area contributed by atoms with Crippen molar-refractivity contribution >= 4 is 34.3 Å². The van der Waals surface area contributed by atoms with Crippen LogP contribution in [0.15, 0.2) is 66.7 Å². The third-order valence-corrected chi connectivity index (χ3v) is 4.74. The van der Waals surface area contributed by atoms with Crippen molar-refractivity contribution in [3.05, 3.63) is 78.1 Å².